The second-order valence-electron chi connectivity index (χ2n) is 6.90. The Morgan fingerprint density at radius 1 is 1.03 bits per heavy atom. The number of amides is 2. The Balaban J connectivity index is 1.58. The van der Waals surface area contributed by atoms with E-state index in [2.05, 4.69) is 15.9 Å². The Bertz CT molecular complexity index is 1270. The number of imide groups is 1. The average molecular weight is 565 g/mol. The first-order valence-corrected chi connectivity index (χ1v) is 12.0. The Morgan fingerprint density at radius 2 is 1.79 bits per heavy atom. The number of carbonyl (C=O) groups excluding carboxylic acids is 2. The lowest BCUT2D eigenvalue weighted by molar-refractivity contribution is -0.113. The van der Waals surface area contributed by atoms with Gasteiger partial charge >= 0.3 is 0 Å². The van der Waals surface area contributed by atoms with Gasteiger partial charge in [-0.15, -0.1) is 0 Å². The standard InChI is InChI=1S/C24H16BrCl2NO4S/c1-31-20-9-15(10-22-23(29)28(24(30)33-22)17-5-3-2-4-6-17)18(25)12-21(20)32-13-14-7-8-16(26)11-19(14)27/h2-12H,13H2,1H3/b22-10-. The van der Waals surface area contributed by atoms with Crippen molar-refractivity contribution < 1.29 is 19.1 Å². The fourth-order valence-corrected chi connectivity index (χ4v) is 4.87. The van der Waals surface area contributed by atoms with Crippen LogP contribution in [0.3, 0.4) is 0 Å². The predicted molar refractivity (Wildman–Crippen MR) is 136 cm³/mol. The highest BCUT2D eigenvalue weighted by Crippen LogP contribution is 2.39. The topological polar surface area (TPSA) is 55.8 Å². The van der Waals surface area contributed by atoms with Gasteiger partial charge in [0, 0.05) is 20.1 Å². The molecule has 0 N–H and O–H groups in total. The van der Waals surface area contributed by atoms with Crippen molar-refractivity contribution in [3.05, 3.63) is 91.2 Å². The summed E-state index contributed by atoms with van der Waals surface area (Å²) in [7, 11) is 1.53. The maximum atomic E-state index is 12.9. The maximum absolute atomic E-state index is 12.9. The number of methoxy groups -OCH3 is 1. The lowest BCUT2D eigenvalue weighted by Gasteiger charge is -2.14. The lowest BCUT2D eigenvalue weighted by atomic mass is 10.1. The molecule has 33 heavy (non-hydrogen) atoms. The van der Waals surface area contributed by atoms with Crippen LogP contribution in [0.25, 0.3) is 6.08 Å². The first-order valence-electron chi connectivity index (χ1n) is 9.64. The number of anilines is 1. The van der Waals surface area contributed by atoms with Crippen molar-refractivity contribution in [1.82, 2.24) is 0 Å². The minimum absolute atomic E-state index is 0.216. The molecule has 5 nitrogen and oxygen atoms in total. The Morgan fingerprint density at radius 3 is 2.48 bits per heavy atom. The second kappa shape index (κ2) is 10.2. The first kappa shape index (κ1) is 23.7. The van der Waals surface area contributed by atoms with E-state index in [1.54, 1.807) is 60.7 Å². The molecule has 3 aromatic carbocycles. The van der Waals surface area contributed by atoms with Crippen LogP contribution in [0.1, 0.15) is 11.1 Å². The van der Waals surface area contributed by atoms with Crippen LogP contribution < -0.4 is 14.4 Å². The van der Waals surface area contributed by atoms with Crippen molar-refractivity contribution >= 4 is 73.8 Å². The summed E-state index contributed by atoms with van der Waals surface area (Å²) in [4.78, 5) is 26.8. The summed E-state index contributed by atoms with van der Waals surface area (Å²) in [6.07, 6.45) is 1.65. The van der Waals surface area contributed by atoms with Gasteiger partial charge in [0.05, 0.1) is 17.7 Å². The molecule has 0 saturated carbocycles. The quantitative estimate of drug-likeness (QED) is 0.289. The van der Waals surface area contributed by atoms with E-state index in [9.17, 15) is 9.59 Å². The van der Waals surface area contributed by atoms with Crippen LogP contribution in [0.4, 0.5) is 10.5 Å². The van der Waals surface area contributed by atoms with Crippen molar-refractivity contribution in [2.45, 2.75) is 6.61 Å². The van der Waals surface area contributed by atoms with Gasteiger partial charge in [0.15, 0.2) is 11.5 Å². The van der Waals surface area contributed by atoms with Crippen LogP contribution in [0.2, 0.25) is 10.0 Å². The maximum Gasteiger partial charge on any atom is 0.298 e. The zero-order valence-electron chi connectivity index (χ0n) is 17.2. The van der Waals surface area contributed by atoms with Crippen molar-refractivity contribution in [3.63, 3.8) is 0 Å². The van der Waals surface area contributed by atoms with Crippen molar-refractivity contribution in [2.24, 2.45) is 0 Å². The predicted octanol–water partition coefficient (Wildman–Crippen LogP) is 7.58. The monoisotopic (exact) mass is 563 g/mol. The molecule has 0 spiro atoms. The third-order valence-corrected chi connectivity index (χ3v) is 6.92. The number of thioether (sulfide) groups is 1. The second-order valence-corrected chi connectivity index (χ2v) is 9.59. The molecule has 0 unspecified atom stereocenters. The average Bonchev–Trinajstić information content (AvgIpc) is 3.08. The summed E-state index contributed by atoms with van der Waals surface area (Å²) in [5, 5.41) is 0.705. The van der Waals surface area contributed by atoms with Gasteiger partial charge in [0.25, 0.3) is 11.1 Å². The number of benzene rings is 3. The van der Waals surface area contributed by atoms with E-state index < -0.39 is 0 Å². The van der Waals surface area contributed by atoms with Crippen LogP contribution >= 0.6 is 50.9 Å². The van der Waals surface area contributed by atoms with E-state index in [1.807, 2.05) is 6.07 Å². The van der Waals surface area contributed by atoms with Gasteiger partial charge < -0.3 is 9.47 Å². The molecule has 4 rings (SSSR count). The SMILES string of the molecule is COc1cc(/C=C2\SC(=O)N(c3ccccc3)C2=O)c(Br)cc1OCc1ccc(Cl)cc1Cl. The third-order valence-electron chi connectivity index (χ3n) is 4.78. The highest BCUT2D eigenvalue weighted by Gasteiger charge is 2.36. The van der Waals surface area contributed by atoms with Crippen molar-refractivity contribution in [1.29, 1.82) is 0 Å². The molecular weight excluding hydrogens is 549 g/mol. The highest BCUT2D eigenvalue weighted by atomic mass is 79.9. The number of hydrogen-bond donors (Lipinski definition) is 0. The van der Waals surface area contributed by atoms with Crippen LogP contribution in [0, 0.1) is 0 Å². The molecule has 9 heteroatoms. The highest BCUT2D eigenvalue weighted by molar-refractivity contribution is 9.10. The fraction of sp³-hybridized carbons (Fsp3) is 0.0833. The van der Waals surface area contributed by atoms with Gasteiger partial charge in [-0.3, -0.25) is 9.59 Å². The van der Waals surface area contributed by atoms with Gasteiger partial charge in [-0.25, -0.2) is 4.90 Å². The number of para-hydroxylation sites is 1. The molecule has 1 fully saturated rings. The van der Waals surface area contributed by atoms with Crippen LogP contribution in [0.5, 0.6) is 11.5 Å². The number of carbonyl (C=O) groups is 2. The van der Waals surface area contributed by atoms with Crippen LogP contribution in [-0.4, -0.2) is 18.3 Å². The minimum Gasteiger partial charge on any atom is -0.493 e. The smallest absolute Gasteiger partial charge is 0.298 e. The summed E-state index contributed by atoms with van der Waals surface area (Å²) in [5.74, 6) is 0.585. The molecule has 0 aromatic heterocycles. The molecule has 0 radical (unpaired) electrons. The normalized spacial score (nSPS) is 14.8. The Hall–Kier alpha value is -2.45. The van der Waals surface area contributed by atoms with Gasteiger partial charge in [0.1, 0.15) is 6.61 Å². The number of hydrogen-bond acceptors (Lipinski definition) is 5. The lowest BCUT2D eigenvalue weighted by Crippen LogP contribution is -2.27. The molecule has 0 atom stereocenters. The first-order chi connectivity index (χ1) is 15.9. The molecule has 0 aliphatic carbocycles. The number of nitrogens with zero attached hydrogens (tertiary/aromatic N) is 1. The molecule has 1 aliphatic rings. The zero-order chi connectivity index (χ0) is 23.5. The van der Waals surface area contributed by atoms with E-state index in [-0.39, 0.29) is 17.8 Å². The fourth-order valence-electron chi connectivity index (χ4n) is 3.14. The summed E-state index contributed by atoms with van der Waals surface area (Å²) in [5.41, 5.74) is 1.98. The van der Waals surface area contributed by atoms with Crippen LogP contribution in [0.15, 0.2) is 70.0 Å². The molecule has 3 aromatic rings. The Labute approximate surface area is 213 Å². The van der Waals surface area contributed by atoms with E-state index in [0.717, 1.165) is 22.2 Å². The largest absolute Gasteiger partial charge is 0.493 e. The molecule has 1 heterocycles. The van der Waals surface area contributed by atoms with E-state index in [4.69, 9.17) is 32.7 Å². The number of rotatable bonds is 6. The molecule has 1 aliphatic heterocycles. The molecular formula is C24H16BrCl2NO4S. The third kappa shape index (κ3) is 5.22. The number of halogens is 3. The Kier molecular flexibility index (Phi) is 7.34. The summed E-state index contributed by atoms with van der Waals surface area (Å²) >= 11 is 16.6. The number of ether oxygens (including phenoxy) is 2. The van der Waals surface area contributed by atoms with E-state index in [1.165, 1.54) is 7.11 Å². The zero-order valence-corrected chi connectivity index (χ0v) is 21.1. The van der Waals surface area contributed by atoms with E-state index >= 15 is 0 Å². The van der Waals surface area contributed by atoms with Gasteiger partial charge in [-0.1, -0.05) is 63.4 Å². The van der Waals surface area contributed by atoms with Gasteiger partial charge in [0.2, 0.25) is 0 Å². The van der Waals surface area contributed by atoms with Crippen molar-refractivity contribution in [2.75, 3.05) is 12.0 Å². The molecule has 2 amide bonds. The summed E-state index contributed by atoms with van der Waals surface area (Å²) in [6.45, 7) is 0.216. The molecule has 0 bridgehead atoms. The minimum atomic E-state index is -0.375. The van der Waals surface area contributed by atoms with Gasteiger partial charge in [-0.2, -0.15) is 0 Å². The van der Waals surface area contributed by atoms with E-state index in [0.29, 0.717) is 42.2 Å². The summed E-state index contributed by atoms with van der Waals surface area (Å²) in [6, 6.07) is 17.5. The summed E-state index contributed by atoms with van der Waals surface area (Å²) < 4.78 is 12.1. The van der Waals surface area contributed by atoms with Crippen LogP contribution in [-0.2, 0) is 11.4 Å². The molecule has 168 valence electrons. The van der Waals surface area contributed by atoms with Crippen molar-refractivity contribution in [3.8, 4) is 11.5 Å². The molecule has 1 saturated heterocycles. The van der Waals surface area contributed by atoms with Gasteiger partial charge in [-0.05, 0) is 59.8 Å².